The van der Waals surface area contributed by atoms with E-state index in [1.165, 1.54) is 18.2 Å². The van der Waals surface area contributed by atoms with Crippen LogP contribution in [0.3, 0.4) is 0 Å². The molecule has 30 heavy (non-hydrogen) atoms. The van der Waals surface area contributed by atoms with Crippen LogP contribution in [0.15, 0.2) is 72.8 Å². The zero-order chi connectivity index (χ0) is 21.5. The smallest absolute Gasteiger partial charge is 0.251 e. The first-order valence-corrected chi connectivity index (χ1v) is 9.75. The maximum absolute atomic E-state index is 13.2. The van der Waals surface area contributed by atoms with E-state index in [-0.39, 0.29) is 29.4 Å². The van der Waals surface area contributed by atoms with E-state index in [9.17, 15) is 14.0 Å². The van der Waals surface area contributed by atoms with Gasteiger partial charge in [0.05, 0.1) is 17.6 Å². The second-order valence-electron chi connectivity index (χ2n) is 6.72. The molecule has 0 aromatic heterocycles. The van der Waals surface area contributed by atoms with E-state index in [1.807, 2.05) is 37.3 Å². The Kier molecular flexibility index (Phi) is 7.03. The molecule has 0 radical (unpaired) electrons. The van der Waals surface area contributed by atoms with Crippen molar-refractivity contribution in [3.05, 3.63) is 94.8 Å². The van der Waals surface area contributed by atoms with Gasteiger partial charge in [-0.1, -0.05) is 48.0 Å². The molecule has 0 aliphatic heterocycles. The standard InChI is InChI=1S/C23H21ClFN3O2/c1-15(16-6-3-2-4-7-16)27-23(30)17-8-5-9-18(12-17)26-14-22(29)28-19-10-11-21(25)20(24)13-19/h2-13,15,26H,14H2,1H3,(H,27,30)(H,28,29). The second kappa shape index (κ2) is 9.89. The summed E-state index contributed by atoms with van der Waals surface area (Å²) in [5.41, 5.74) is 2.52. The molecule has 154 valence electrons. The van der Waals surface area contributed by atoms with Gasteiger partial charge in [-0.25, -0.2) is 4.39 Å². The number of carbonyl (C=O) groups is 2. The first kappa shape index (κ1) is 21.3. The number of rotatable bonds is 7. The monoisotopic (exact) mass is 425 g/mol. The van der Waals surface area contributed by atoms with Crippen LogP contribution in [0.1, 0.15) is 28.9 Å². The third kappa shape index (κ3) is 5.81. The third-order valence-corrected chi connectivity index (χ3v) is 4.72. The molecule has 0 aliphatic carbocycles. The molecule has 3 N–H and O–H groups in total. The fraction of sp³-hybridized carbons (Fsp3) is 0.130. The van der Waals surface area contributed by atoms with Crippen LogP contribution >= 0.6 is 11.6 Å². The normalized spacial score (nSPS) is 11.4. The first-order valence-electron chi connectivity index (χ1n) is 9.37. The van der Waals surface area contributed by atoms with E-state index >= 15 is 0 Å². The van der Waals surface area contributed by atoms with Gasteiger partial charge in [0, 0.05) is 16.9 Å². The van der Waals surface area contributed by atoms with Crippen molar-refractivity contribution in [2.24, 2.45) is 0 Å². The Labute approximate surface area is 179 Å². The van der Waals surface area contributed by atoms with Gasteiger partial charge in [0.2, 0.25) is 5.91 Å². The van der Waals surface area contributed by atoms with Crippen molar-refractivity contribution in [2.75, 3.05) is 17.2 Å². The van der Waals surface area contributed by atoms with Gasteiger partial charge in [-0.3, -0.25) is 9.59 Å². The van der Waals surface area contributed by atoms with Crippen molar-refractivity contribution in [3.8, 4) is 0 Å². The number of nitrogens with one attached hydrogen (secondary N) is 3. The highest BCUT2D eigenvalue weighted by Gasteiger charge is 2.12. The number of benzene rings is 3. The Bertz CT molecular complexity index is 1040. The summed E-state index contributed by atoms with van der Waals surface area (Å²) in [4.78, 5) is 24.7. The fourth-order valence-electron chi connectivity index (χ4n) is 2.84. The number of hydrogen-bond donors (Lipinski definition) is 3. The van der Waals surface area contributed by atoms with Gasteiger partial charge in [0.15, 0.2) is 0 Å². The maximum Gasteiger partial charge on any atom is 0.251 e. The first-order chi connectivity index (χ1) is 14.4. The van der Waals surface area contributed by atoms with Crippen LogP contribution in [-0.2, 0) is 4.79 Å². The minimum Gasteiger partial charge on any atom is -0.376 e. The number of hydrogen-bond acceptors (Lipinski definition) is 3. The Hall–Kier alpha value is -3.38. The summed E-state index contributed by atoms with van der Waals surface area (Å²) in [7, 11) is 0. The van der Waals surface area contributed by atoms with Gasteiger partial charge < -0.3 is 16.0 Å². The van der Waals surface area contributed by atoms with Gasteiger partial charge in [0.1, 0.15) is 5.82 Å². The molecule has 0 spiro atoms. The van der Waals surface area contributed by atoms with E-state index in [1.54, 1.807) is 24.3 Å². The van der Waals surface area contributed by atoms with Crippen molar-refractivity contribution < 1.29 is 14.0 Å². The molecule has 0 saturated carbocycles. The predicted molar refractivity (Wildman–Crippen MR) is 117 cm³/mol. The van der Waals surface area contributed by atoms with E-state index in [0.717, 1.165) is 5.56 Å². The summed E-state index contributed by atoms with van der Waals surface area (Å²) >= 11 is 5.71. The summed E-state index contributed by atoms with van der Waals surface area (Å²) in [6, 6.07) is 20.4. The van der Waals surface area contributed by atoms with Gasteiger partial charge in [-0.05, 0) is 48.9 Å². The second-order valence-corrected chi connectivity index (χ2v) is 7.12. The summed E-state index contributed by atoms with van der Waals surface area (Å²) in [5.74, 6) is -1.09. The van der Waals surface area contributed by atoms with Crippen LogP contribution in [0, 0.1) is 5.82 Å². The van der Waals surface area contributed by atoms with E-state index in [2.05, 4.69) is 16.0 Å². The zero-order valence-corrected chi connectivity index (χ0v) is 17.0. The molecule has 0 fully saturated rings. The van der Waals surface area contributed by atoms with Crippen LogP contribution < -0.4 is 16.0 Å². The Morgan fingerprint density at radius 3 is 2.47 bits per heavy atom. The number of amides is 2. The van der Waals surface area contributed by atoms with Crippen molar-refractivity contribution in [1.82, 2.24) is 5.32 Å². The minimum absolute atomic E-state index is 0.0273. The fourth-order valence-corrected chi connectivity index (χ4v) is 3.02. The SMILES string of the molecule is CC(NC(=O)c1cccc(NCC(=O)Nc2ccc(F)c(Cl)c2)c1)c1ccccc1. The van der Waals surface area contributed by atoms with E-state index in [0.29, 0.717) is 16.9 Å². The summed E-state index contributed by atoms with van der Waals surface area (Å²) < 4.78 is 13.2. The van der Waals surface area contributed by atoms with Gasteiger partial charge in [0.25, 0.3) is 5.91 Å². The molecule has 0 heterocycles. The lowest BCUT2D eigenvalue weighted by Gasteiger charge is -2.15. The molecule has 1 atom stereocenters. The van der Waals surface area contributed by atoms with E-state index < -0.39 is 5.82 Å². The van der Waals surface area contributed by atoms with Crippen LogP contribution in [0.2, 0.25) is 5.02 Å². The number of halogens is 2. The molecule has 2 amide bonds. The van der Waals surface area contributed by atoms with Crippen molar-refractivity contribution in [3.63, 3.8) is 0 Å². The minimum atomic E-state index is -0.551. The van der Waals surface area contributed by atoms with Crippen LogP contribution in [-0.4, -0.2) is 18.4 Å². The molecule has 0 aliphatic rings. The molecule has 3 aromatic carbocycles. The third-order valence-electron chi connectivity index (χ3n) is 4.43. The maximum atomic E-state index is 13.2. The molecular weight excluding hydrogens is 405 g/mol. The molecule has 7 heteroatoms. The average Bonchev–Trinajstić information content (AvgIpc) is 2.75. The van der Waals surface area contributed by atoms with Crippen molar-refractivity contribution in [2.45, 2.75) is 13.0 Å². The summed E-state index contributed by atoms with van der Waals surface area (Å²) in [6.45, 7) is 1.89. The zero-order valence-electron chi connectivity index (χ0n) is 16.3. The van der Waals surface area contributed by atoms with Gasteiger partial charge >= 0.3 is 0 Å². The van der Waals surface area contributed by atoms with Crippen LogP contribution in [0.4, 0.5) is 15.8 Å². The van der Waals surface area contributed by atoms with Gasteiger partial charge in [-0.15, -0.1) is 0 Å². The molecular formula is C23H21ClFN3O2. The summed E-state index contributed by atoms with van der Waals surface area (Å²) in [6.07, 6.45) is 0. The lowest BCUT2D eigenvalue weighted by atomic mass is 10.1. The van der Waals surface area contributed by atoms with Crippen LogP contribution in [0.5, 0.6) is 0 Å². The highest BCUT2D eigenvalue weighted by Crippen LogP contribution is 2.19. The number of carbonyl (C=O) groups excluding carboxylic acids is 2. The van der Waals surface area contributed by atoms with E-state index in [4.69, 9.17) is 11.6 Å². The molecule has 0 saturated heterocycles. The largest absolute Gasteiger partial charge is 0.376 e. The summed E-state index contributed by atoms with van der Waals surface area (Å²) in [5, 5.41) is 8.49. The Balaban J connectivity index is 1.56. The quantitative estimate of drug-likeness (QED) is 0.497. The molecule has 1 unspecified atom stereocenters. The van der Waals surface area contributed by atoms with Gasteiger partial charge in [-0.2, -0.15) is 0 Å². The lowest BCUT2D eigenvalue weighted by molar-refractivity contribution is -0.114. The predicted octanol–water partition coefficient (Wildman–Crippen LogP) is 5.02. The molecule has 3 aromatic rings. The molecule has 5 nitrogen and oxygen atoms in total. The molecule has 3 rings (SSSR count). The highest BCUT2D eigenvalue weighted by molar-refractivity contribution is 6.31. The Morgan fingerprint density at radius 2 is 1.73 bits per heavy atom. The lowest BCUT2D eigenvalue weighted by Crippen LogP contribution is -2.26. The van der Waals surface area contributed by atoms with Crippen LogP contribution in [0.25, 0.3) is 0 Å². The highest BCUT2D eigenvalue weighted by atomic mass is 35.5. The Morgan fingerprint density at radius 1 is 0.967 bits per heavy atom. The van der Waals surface area contributed by atoms with Crippen molar-refractivity contribution in [1.29, 1.82) is 0 Å². The molecule has 0 bridgehead atoms. The topological polar surface area (TPSA) is 70.2 Å². The van der Waals surface area contributed by atoms with Crippen molar-refractivity contribution >= 4 is 34.8 Å². The number of anilines is 2. The average molecular weight is 426 g/mol.